The van der Waals surface area contributed by atoms with E-state index in [-0.39, 0.29) is 11.7 Å². The number of hydrogen-bond acceptors (Lipinski definition) is 4. The summed E-state index contributed by atoms with van der Waals surface area (Å²) < 4.78 is 23.2. The highest BCUT2D eigenvalue weighted by Crippen LogP contribution is 2.28. The Labute approximate surface area is 84.3 Å². The van der Waals surface area contributed by atoms with Crippen molar-refractivity contribution in [3.8, 4) is 0 Å². The zero-order valence-corrected chi connectivity index (χ0v) is 9.25. The molecule has 1 saturated heterocycles. The number of aliphatic imine (C=N–C) groups is 1. The number of nitrogens with zero attached hydrogens (tertiary/aromatic N) is 1. The molecule has 14 heavy (non-hydrogen) atoms. The predicted molar refractivity (Wildman–Crippen MR) is 53.6 cm³/mol. The van der Waals surface area contributed by atoms with E-state index in [4.69, 9.17) is 0 Å². The van der Waals surface area contributed by atoms with Crippen LogP contribution in [0.1, 0.15) is 26.7 Å². The van der Waals surface area contributed by atoms with Crippen LogP contribution in [0.15, 0.2) is 4.99 Å². The molecule has 2 atom stereocenters. The fourth-order valence-corrected chi connectivity index (χ4v) is 4.12. The van der Waals surface area contributed by atoms with Gasteiger partial charge in [0.1, 0.15) is 0 Å². The van der Waals surface area contributed by atoms with Crippen LogP contribution in [0, 0.1) is 5.92 Å². The van der Waals surface area contributed by atoms with E-state index in [0.717, 1.165) is 0 Å². The van der Waals surface area contributed by atoms with Crippen molar-refractivity contribution in [1.82, 2.24) is 0 Å². The molecule has 0 N–H and O–H groups in total. The van der Waals surface area contributed by atoms with Crippen molar-refractivity contribution in [1.29, 1.82) is 0 Å². The number of carbonyl (C=O) groups excluding carboxylic acids is 1. The Kier molecular flexibility index (Phi) is 3.45. The molecule has 0 radical (unpaired) electrons. The number of sulfone groups is 1. The largest absolute Gasteiger partial charge is 0.235 e. The van der Waals surface area contributed by atoms with Gasteiger partial charge in [0, 0.05) is 0 Å². The van der Waals surface area contributed by atoms with E-state index < -0.39 is 21.1 Å². The SMILES string of the molecule is CC(C)C(N=C=O)[C@@H]1CCCS1(=O)=O. The Morgan fingerprint density at radius 3 is 2.43 bits per heavy atom. The van der Waals surface area contributed by atoms with Crippen LogP contribution in [0.4, 0.5) is 0 Å². The van der Waals surface area contributed by atoms with Crippen LogP contribution in [-0.2, 0) is 14.6 Å². The van der Waals surface area contributed by atoms with Gasteiger partial charge >= 0.3 is 0 Å². The Morgan fingerprint density at radius 2 is 2.07 bits per heavy atom. The first kappa shape index (κ1) is 11.4. The summed E-state index contributed by atoms with van der Waals surface area (Å²) in [5, 5.41) is -0.469. The molecule has 0 aliphatic carbocycles. The van der Waals surface area contributed by atoms with Gasteiger partial charge in [-0.25, -0.2) is 18.2 Å². The van der Waals surface area contributed by atoms with Gasteiger partial charge in [0.15, 0.2) is 9.84 Å². The van der Waals surface area contributed by atoms with Gasteiger partial charge in [-0.1, -0.05) is 13.8 Å². The Morgan fingerprint density at radius 1 is 1.43 bits per heavy atom. The molecule has 0 aromatic rings. The van der Waals surface area contributed by atoms with Gasteiger partial charge in [0.2, 0.25) is 6.08 Å². The maximum absolute atomic E-state index is 11.6. The highest BCUT2D eigenvalue weighted by atomic mass is 32.2. The van der Waals surface area contributed by atoms with Crippen molar-refractivity contribution in [3.63, 3.8) is 0 Å². The van der Waals surface area contributed by atoms with Crippen LogP contribution in [0.25, 0.3) is 0 Å². The minimum absolute atomic E-state index is 0.0642. The average Bonchev–Trinajstić information content (AvgIpc) is 2.40. The molecule has 1 rings (SSSR count). The van der Waals surface area contributed by atoms with Gasteiger partial charge in [-0.3, -0.25) is 0 Å². The average molecular weight is 217 g/mol. The lowest BCUT2D eigenvalue weighted by molar-refractivity contribution is 0.452. The highest BCUT2D eigenvalue weighted by Gasteiger charge is 2.38. The lowest BCUT2D eigenvalue weighted by Gasteiger charge is -2.20. The van der Waals surface area contributed by atoms with Crippen LogP contribution in [-0.4, -0.2) is 31.5 Å². The summed E-state index contributed by atoms with van der Waals surface area (Å²) in [6, 6.07) is -0.417. The van der Waals surface area contributed by atoms with E-state index >= 15 is 0 Å². The fourth-order valence-electron chi connectivity index (χ4n) is 1.92. The van der Waals surface area contributed by atoms with Gasteiger partial charge in [0.25, 0.3) is 0 Å². The molecule has 0 bridgehead atoms. The first-order chi connectivity index (χ1) is 6.49. The molecule has 80 valence electrons. The zero-order valence-electron chi connectivity index (χ0n) is 8.43. The minimum Gasteiger partial charge on any atom is -0.228 e. The van der Waals surface area contributed by atoms with Crippen molar-refractivity contribution >= 4 is 15.9 Å². The minimum atomic E-state index is -3.03. The van der Waals surface area contributed by atoms with Gasteiger partial charge in [-0.05, 0) is 18.8 Å². The normalized spacial score (nSPS) is 27.2. The van der Waals surface area contributed by atoms with Crippen molar-refractivity contribution in [2.45, 2.75) is 38.0 Å². The Hall–Kier alpha value is -0.670. The first-order valence-electron chi connectivity index (χ1n) is 4.77. The Bertz CT molecular complexity index is 341. The third-order valence-electron chi connectivity index (χ3n) is 2.64. The quantitative estimate of drug-likeness (QED) is 0.521. The molecule has 1 fully saturated rings. The second kappa shape index (κ2) is 4.24. The van der Waals surface area contributed by atoms with E-state index in [9.17, 15) is 13.2 Å². The molecule has 0 saturated carbocycles. The standard InChI is InChI=1S/C9H15NO3S/c1-7(2)9(10-6-11)8-4-3-5-14(8,12)13/h7-9H,3-5H2,1-2H3/t8-,9?/m0/s1. The molecule has 0 amide bonds. The maximum atomic E-state index is 11.6. The van der Waals surface area contributed by atoms with Gasteiger partial charge in [-0.15, -0.1) is 0 Å². The van der Waals surface area contributed by atoms with Crippen LogP contribution in [0.3, 0.4) is 0 Å². The van der Waals surface area contributed by atoms with Crippen molar-refractivity contribution in [2.75, 3.05) is 5.75 Å². The molecular formula is C9H15NO3S. The monoisotopic (exact) mass is 217 g/mol. The number of isocyanates is 1. The van der Waals surface area contributed by atoms with E-state index in [0.29, 0.717) is 12.8 Å². The third kappa shape index (κ3) is 2.22. The zero-order chi connectivity index (χ0) is 10.8. The molecule has 4 nitrogen and oxygen atoms in total. The molecule has 0 aromatic heterocycles. The Balaban J connectivity index is 2.94. The molecule has 5 heteroatoms. The fraction of sp³-hybridized carbons (Fsp3) is 0.889. The summed E-state index contributed by atoms with van der Waals surface area (Å²) in [4.78, 5) is 13.8. The smallest absolute Gasteiger partial charge is 0.228 e. The van der Waals surface area contributed by atoms with Gasteiger partial charge in [0.05, 0.1) is 17.0 Å². The molecule has 0 spiro atoms. The van der Waals surface area contributed by atoms with Gasteiger partial charge in [-0.2, -0.15) is 0 Å². The molecule has 1 unspecified atom stereocenters. The van der Waals surface area contributed by atoms with Crippen LogP contribution in [0.2, 0.25) is 0 Å². The topological polar surface area (TPSA) is 63.6 Å². The summed E-state index contributed by atoms with van der Waals surface area (Å²) >= 11 is 0. The molecule has 1 aliphatic rings. The first-order valence-corrected chi connectivity index (χ1v) is 6.49. The highest BCUT2D eigenvalue weighted by molar-refractivity contribution is 7.92. The van der Waals surface area contributed by atoms with Crippen LogP contribution < -0.4 is 0 Å². The summed E-state index contributed by atoms with van der Waals surface area (Å²) in [6.45, 7) is 3.75. The van der Waals surface area contributed by atoms with Crippen molar-refractivity contribution in [3.05, 3.63) is 0 Å². The number of hydrogen-bond donors (Lipinski definition) is 0. The summed E-state index contributed by atoms with van der Waals surface area (Å²) in [5.41, 5.74) is 0. The third-order valence-corrected chi connectivity index (χ3v) is 4.94. The van der Waals surface area contributed by atoms with E-state index in [1.807, 2.05) is 13.8 Å². The molecule has 0 aromatic carbocycles. The van der Waals surface area contributed by atoms with Crippen molar-refractivity contribution < 1.29 is 13.2 Å². The van der Waals surface area contributed by atoms with Crippen LogP contribution >= 0.6 is 0 Å². The number of rotatable bonds is 3. The van der Waals surface area contributed by atoms with Gasteiger partial charge < -0.3 is 0 Å². The maximum Gasteiger partial charge on any atom is 0.235 e. The second-order valence-corrected chi connectivity index (χ2v) is 6.34. The van der Waals surface area contributed by atoms with E-state index in [2.05, 4.69) is 4.99 Å². The van der Waals surface area contributed by atoms with Crippen LogP contribution in [0.5, 0.6) is 0 Å². The molecule has 1 heterocycles. The molecule has 1 aliphatic heterocycles. The summed E-state index contributed by atoms with van der Waals surface area (Å²) in [5.74, 6) is 0.296. The summed E-state index contributed by atoms with van der Waals surface area (Å²) in [6.07, 6.45) is 2.78. The van der Waals surface area contributed by atoms with Crippen molar-refractivity contribution in [2.24, 2.45) is 10.9 Å². The molecular weight excluding hydrogens is 202 g/mol. The second-order valence-electron chi connectivity index (χ2n) is 4.00. The lowest BCUT2D eigenvalue weighted by Crippen LogP contribution is -2.33. The van der Waals surface area contributed by atoms with E-state index in [1.165, 1.54) is 6.08 Å². The van der Waals surface area contributed by atoms with E-state index in [1.54, 1.807) is 0 Å². The lowest BCUT2D eigenvalue weighted by atomic mass is 9.99. The summed E-state index contributed by atoms with van der Waals surface area (Å²) in [7, 11) is -3.03. The predicted octanol–water partition coefficient (Wildman–Crippen LogP) is 0.924.